The van der Waals surface area contributed by atoms with E-state index >= 15 is 0 Å². The minimum Gasteiger partial charge on any atom is -0.493 e. The topological polar surface area (TPSA) is 52.1 Å². The molecule has 0 unspecified atom stereocenters. The van der Waals surface area contributed by atoms with Crippen LogP contribution in [0.2, 0.25) is 0 Å². The van der Waals surface area contributed by atoms with Crippen LogP contribution >= 0.6 is 0 Å². The SMILES string of the molecule is C=CCOc1ccc(/C=N\NCc2ccc(OC)c(OC)c2)cc1. The molecule has 126 valence electrons. The Morgan fingerprint density at radius 3 is 2.46 bits per heavy atom. The maximum atomic E-state index is 5.43. The van der Waals surface area contributed by atoms with Gasteiger partial charge in [0.15, 0.2) is 11.5 Å². The van der Waals surface area contributed by atoms with Crippen molar-refractivity contribution in [1.29, 1.82) is 0 Å². The second-order valence-corrected chi connectivity index (χ2v) is 4.95. The summed E-state index contributed by atoms with van der Waals surface area (Å²) in [5.74, 6) is 2.23. The van der Waals surface area contributed by atoms with Crippen LogP contribution in [0.15, 0.2) is 60.2 Å². The van der Waals surface area contributed by atoms with Gasteiger partial charge in [-0.2, -0.15) is 5.10 Å². The molecule has 0 bridgehead atoms. The summed E-state index contributed by atoms with van der Waals surface area (Å²) in [7, 11) is 3.24. The molecule has 2 aromatic rings. The molecule has 0 atom stereocenters. The van der Waals surface area contributed by atoms with Crippen molar-refractivity contribution >= 4 is 6.21 Å². The van der Waals surface area contributed by atoms with E-state index < -0.39 is 0 Å². The van der Waals surface area contributed by atoms with Gasteiger partial charge in [-0.25, -0.2) is 0 Å². The number of hydrazone groups is 1. The van der Waals surface area contributed by atoms with Crippen LogP contribution in [-0.2, 0) is 6.54 Å². The number of nitrogens with zero attached hydrogens (tertiary/aromatic N) is 1. The Hall–Kier alpha value is -2.95. The zero-order chi connectivity index (χ0) is 17.2. The Morgan fingerprint density at radius 1 is 1.04 bits per heavy atom. The van der Waals surface area contributed by atoms with Crippen molar-refractivity contribution in [2.24, 2.45) is 5.10 Å². The fourth-order valence-electron chi connectivity index (χ4n) is 2.05. The molecule has 0 aliphatic heterocycles. The van der Waals surface area contributed by atoms with Crippen molar-refractivity contribution in [2.45, 2.75) is 6.54 Å². The summed E-state index contributed by atoms with van der Waals surface area (Å²) in [6.07, 6.45) is 3.48. The van der Waals surface area contributed by atoms with E-state index in [0.29, 0.717) is 24.7 Å². The van der Waals surface area contributed by atoms with Crippen LogP contribution in [0.5, 0.6) is 17.2 Å². The Balaban J connectivity index is 1.87. The third kappa shape index (κ3) is 5.05. The predicted octanol–water partition coefficient (Wildman–Crippen LogP) is 3.39. The monoisotopic (exact) mass is 326 g/mol. The third-order valence-corrected chi connectivity index (χ3v) is 3.28. The van der Waals surface area contributed by atoms with Crippen LogP contribution in [0, 0.1) is 0 Å². The lowest BCUT2D eigenvalue weighted by Crippen LogP contribution is -2.06. The summed E-state index contributed by atoms with van der Waals surface area (Å²) in [6.45, 7) is 4.71. The first-order chi connectivity index (χ1) is 11.8. The minimum atomic E-state index is 0.500. The summed E-state index contributed by atoms with van der Waals surface area (Å²) in [5.41, 5.74) is 5.06. The number of benzene rings is 2. The summed E-state index contributed by atoms with van der Waals surface area (Å²) >= 11 is 0. The molecule has 0 amide bonds. The van der Waals surface area contributed by atoms with Crippen LogP contribution in [0.4, 0.5) is 0 Å². The second kappa shape index (κ2) is 9.25. The van der Waals surface area contributed by atoms with Crippen molar-refractivity contribution < 1.29 is 14.2 Å². The lowest BCUT2D eigenvalue weighted by molar-refractivity contribution is 0.354. The van der Waals surface area contributed by atoms with Crippen LogP contribution in [0.1, 0.15) is 11.1 Å². The number of hydrogen-bond donors (Lipinski definition) is 1. The first-order valence-corrected chi connectivity index (χ1v) is 7.57. The minimum absolute atomic E-state index is 0.500. The molecule has 0 saturated heterocycles. The highest BCUT2D eigenvalue weighted by Gasteiger charge is 2.03. The highest BCUT2D eigenvalue weighted by molar-refractivity contribution is 5.79. The van der Waals surface area contributed by atoms with Gasteiger partial charge in [0.05, 0.1) is 27.0 Å². The van der Waals surface area contributed by atoms with E-state index in [-0.39, 0.29) is 0 Å². The molecule has 0 aliphatic carbocycles. The van der Waals surface area contributed by atoms with Crippen molar-refractivity contribution in [2.75, 3.05) is 20.8 Å². The van der Waals surface area contributed by atoms with Gasteiger partial charge in [-0.15, -0.1) is 0 Å². The Morgan fingerprint density at radius 2 is 1.79 bits per heavy atom. The summed E-state index contributed by atoms with van der Waals surface area (Å²) < 4.78 is 15.9. The molecule has 1 N–H and O–H groups in total. The van der Waals surface area contributed by atoms with E-state index in [0.717, 1.165) is 16.9 Å². The summed E-state index contributed by atoms with van der Waals surface area (Å²) in [5, 5.41) is 4.22. The van der Waals surface area contributed by atoms with Gasteiger partial charge in [0.1, 0.15) is 12.4 Å². The molecule has 0 fully saturated rings. The van der Waals surface area contributed by atoms with Gasteiger partial charge < -0.3 is 19.6 Å². The molecule has 0 aromatic heterocycles. The number of ether oxygens (including phenoxy) is 3. The molecule has 2 aromatic carbocycles. The quantitative estimate of drug-likeness (QED) is 0.436. The smallest absolute Gasteiger partial charge is 0.161 e. The molecule has 0 aliphatic rings. The van der Waals surface area contributed by atoms with Crippen LogP contribution in [0.25, 0.3) is 0 Å². The molecule has 2 rings (SSSR count). The van der Waals surface area contributed by atoms with Gasteiger partial charge in [-0.1, -0.05) is 18.7 Å². The number of nitrogens with one attached hydrogen (secondary N) is 1. The Bertz CT molecular complexity index is 682. The average molecular weight is 326 g/mol. The van der Waals surface area contributed by atoms with E-state index in [2.05, 4.69) is 17.1 Å². The molecule has 0 heterocycles. The van der Waals surface area contributed by atoms with E-state index in [9.17, 15) is 0 Å². The number of hydrogen-bond acceptors (Lipinski definition) is 5. The largest absolute Gasteiger partial charge is 0.493 e. The standard InChI is InChI=1S/C19H22N2O3/c1-4-11-24-17-8-5-15(6-9-17)13-20-21-14-16-7-10-18(22-2)19(12-16)23-3/h4-10,12-13,21H,1,11,14H2,2-3H3/b20-13-. The van der Waals surface area contributed by atoms with Crippen LogP contribution in [0.3, 0.4) is 0 Å². The number of rotatable bonds is 9. The van der Waals surface area contributed by atoms with Gasteiger partial charge in [-0.3, -0.25) is 0 Å². The first-order valence-electron chi connectivity index (χ1n) is 7.57. The molecule has 5 heteroatoms. The maximum Gasteiger partial charge on any atom is 0.161 e. The van der Waals surface area contributed by atoms with Crippen molar-refractivity contribution in [3.63, 3.8) is 0 Å². The third-order valence-electron chi connectivity index (χ3n) is 3.28. The van der Waals surface area contributed by atoms with Crippen molar-refractivity contribution in [1.82, 2.24) is 5.43 Å². The second-order valence-electron chi connectivity index (χ2n) is 4.95. The van der Waals surface area contributed by atoms with Crippen LogP contribution in [-0.4, -0.2) is 27.0 Å². The Kier molecular flexibility index (Phi) is 6.71. The Labute approximate surface area is 142 Å². The highest BCUT2D eigenvalue weighted by Crippen LogP contribution is 2.27. The van der Waals surface area contributed by atoms with E-state index in [1.807, 2.05) is 42.5 Å². The summed E-state index contributed by atoms with van der Waals surface area (Å²) in [4.78, 5) is 0. The van der Waals surface area contributed by atoms with Gasteiger partial charge in [0, 0.05) is 0 Å². The van der Waals surface area contributed by atoms with E-state index in [1.54, 1.807) is 26.5 Å². The predicted molar refractivity (Wildman–Crippen MR) is 96.1 cm³/mol. The van der Waals surface area contributed by atoms with Gasteiger partial charge in [0.2, 0.25) is 0 Å². The zero-order valence-corrected chi connectivity index (χ0v) is 14.0. The van der Waals surface area contributed by atoms with E-state index in [1.165, 1.54) is 0 Å². The van der Waals surface area contributed by atoms with Gasteiger partial charge >= 0.3 is 0 Å². The lowest BCUT2D eigenvalue weighted by atomic mass is 10.2. The molecule has 0 radical (unpaired) electrons. The normalized spacial score (nSPS) is 10.4. The van der Waals surface area contributed by atoms with Crippen molar-refractivity contribution in [3.8, 4) is 17.2 Å². The van der Waals surface area contributed by atoms with Gasteiger partial charge in [-0.05, 0) is 47.5 Å². The lowest BCUT2D eigenvalue weighted by Gasteiger charge is -2.09. The molecule has 0 spiro atoms. The highest BCUT2D eigenvalue weighted by atomic mass is 16.5. The molecular weight excluding hydrogens is 304 g/mol. The fourth-order valence-corrected chi connectivity index (χ4v) is 2.05. The van der Waals surface area contributed by atoms with Crippen molar-refractivity contribution in [3.05, 3.63) is 66.2 Å². The molecule has 5 nitrogen and oxygen atoms in total. The van der Waals surface area contributed by atoms with Crippen LogP contribution < -0.4 is 19.6 Å². The van der Waals surface area contributed by atoms with E-state index in [4.69, 9.17) is 14.2 Å². The fraction of sp³-hybridized carbons (Fsp3) is 0.211. The average Bonchev–Trinajstić information content (AvgIpc) is 2.64. The maximum absolute atomic E-state index is 5.43. The van der Waals surface area contributed by atoms with Gasteiger partial charge in [0.25, 0.3) is 0 Å². The summed E-state index contributed by atoms with van der Waals surface area (Å²) in [6, 6.07) is 13.5. The molecule has 0 saturated carbocycles. The molecular formula is C19H22N2O3. The first kappa shape index (κ1) is 17.4. The molecule has 24 heavy (non-hydrogen) atoms. The number of methoxy groups -OCH3 is 2. The zero-order valence-electron chi connectivity index (χ0n) is 14.0.